The third-order valence-electron chi connectivity index (χ3n) is 4.76. The number of piperazine rings is 1. The maximum atomic E-state index is 12.4. The minimum Gasteiger partial charge on any atom is -0.353 e. The van der Waals surface area contributed by atoms with Crippen molar-refractivity contribution >= 4 is 11.7 Å². The van der Waals surface area contributed by atoms with Gasteiger partial charge in [0, 0.05) is 37.9 Å². The van der Waals surface area contributed by atoms with E-state index in [0.29, 0.717) is 18.9 Å². The zero-order chi connectivity index (χ0) is 19.7. The molecule has 0 atom stereocenters. The second-order valence-electron chi connectivity index (χ2n) is 6.93. The predicted molar refractivity (Wildman–Crippen MR) is 102 cm³/mol. The molecule has 0 N–H and O–H groups in total. The van der Waals surface area contributed by atoms with E-state index >= 15 is 0 Å². The van der Waals surface area contributed by atoms with Crippen molar-refractivity contribution in [2.24, 2.45) is 0 Å². The molecule has 10 heteroatoms. The van der Waals surface area contributed by atoms with Crippen molar-refractivity contribution in [3.05, 3.63) is 42.0 Å². The second-order valence-corrected chi connectivity index (χ2v) is 6.93. The van der Waals surface area contributed by atoms with E-state index in [2.05, 4.69) is 30.0 Å². The highest BCUT2D eigenvalue weighted by Gasteiger charge is 2.23. The van der Waals surface area contributed by atoms with Crippen LogP contribution in [0, 0.1) is 20.8 Å². The number of rotatable bonds is 4. The van der Waals surface area contributed by atoms with Gasteiger partial charge in [-0.3, -0.25) is 4.79 Å². The zero-order valence-electron chi connectivity index (χ0n) is 16.3. The fraction of sp³-hybridized carbons (Fsp3) is 0.444. The zero-order valence-corrected chi connectivity index (χ0v) is 16.3. The summed E-state index contributed by atoms with van der Waals surface area (Å²) in [6.07, 6.45) is 2.99. The summed E-state index contributed by atoms with van der Waals surface area (Å²) in [5.74, 6) is 2.37. The topological polar surface area (TPSA) is 97.9 Å². The van der Waals surface area contributed by atoms with E-state index in [-0.39, 0.29) is 12.5 Å². The summed E-state index contributed by atoms with van der Waals surface area (Å²) in [5, 5.41) is 8.51. The van der Waals surface area contributed by atoms with Gasteiger partial charge in [0.05, 0.1) is 5.69 Å². The Morgan fingerprint density at radius 1 is 1.04 bits per heavy atom. The maximum Gasteiger partial charge on any atom is 0.244 e. The summed E-state index contributed by atoms with van der Waals surface area (Å²) in [6.45, 7) is 8.81. The second kappa shape index (κ2) is 7.37. The van der Waals surface area contributed by atoms with Gasteiger partial charge in [-0.15, -0.1) is 0 Å². The Hall–Kier alpha value is -3.30. The summed E-state index contributed by atoms with van der Waals surface area (Å²) in [5.41, 5.74) is 1.99. The fourth-order valence-electron chi connectivity index (χ4n) is 3.41. The monoisotopic (exact) mass is 381 g/mol. The molecule has 10 nitrogen and oxygen atoms in total. The normalized spacial score (nSPS) is 14.5. The SMILES string of the molecule is Cc1cc(C)n(-c2cc(N3CCN(C(=O)Cn4cncn4)CC3)nc(C)n2)n1. The molecule has 3 aromatic rings. The van der Waals surface area contributed by atoms with E-state index in [1.807, 2.05) is 42.5 Å². The number of hydrogen-bond donors (Lipinski definition) is 0. The molecule has 3 aromatic heterocycles. The molecule has 0 radical (unpaired) electrons. The van der Waals surface area contributed by atoms with E-state index < -0.39 is 0 Å². The molecule has 0 unspecified atom stereocenters. The first-order valence-electron chi connectivity index (χ1n) is 9.24. The highest BCUT2D eigenvalue weighted by molar-refractivity contribution is 5.76. The molecule has 4 heterocycles. The van der Waals surface area contributed by atoms with Crippen LogP contribution in [-0.2, 0) is 11.3 Å². The summed E-state index contributed by atoms with van der Waals surface area (Å²) in [4.78, 5) is 29.5. The number of hydrogen-bond acceptors (Lipinski definition) is 7. The lowest BCUT2D eigenvalue weighted by molar-refractivity contribution is -0.132. The van der Waals surface area contributed by atoms with E-state index in [9.17, 15) is 4.79 Å². The highest BCUT2D eigenvalue weighted by Crippen LogP contribution is 2.19. The van der Waals surface area contributed by atoms with Crippen LogP contribution in [0.25, 0.3) is 5.82 Å². The smallest absolute Gasteiger partial charge is 0.244 e. The van der Waals surface area contributed by atoms with Crippen LogP contribution in [0.4, 0.5) is 5.82 Å². The minimum atomic E-state index is 0.0485. The molecule has 0 bridgehead atoms. The number of carbonyl (C=O) groups is 1. The van der Waals surface area contributed by atoms with Crippen LogP contribution in [-0.4, -0.2) is 71.5 Å². The molecule has 0 spiro atoms. The Bertz CT molecular complexity index is 971. The molecule has 1 aliphatic heterocycles. The molecule has 1 fully saturated rings. The first kappa shape index (κ1) is 18.1. The predicted octanol–water partition coefficient (Wildman–Crippen LogP) is 0.528. The van der Waals surface area contributed by atoms with E-state index in [1.165, 1.54) is 6.33 Å². The van der Waals surface area contributed by atoms with Crippen LogP contribution in [0.1, 0.15) is 17.2 Å². The Morgan fingerprint density at radius 2 is 1.79 bits per heavy atom. The summed E-state index contributed by atoms with van der Waals surface area (Å²) in [7, 11) is 0. The van der Waals surface area contributed by atoms with Crippen LogP contribution in [0.2, 0.25) is 0 Å². The van der Waals surface area contributed by atoms with Gasteiger partial charge < -0.3 is 9.80 Å². The molecule has 0 aromatic carbocycles. The van der Waals surface area contributed by atoms with Gasteiger partial charge >= 0.3 is 0 Å². The Morgan fingerprint density at radius 3 is 2.43 bits per heavy atom. The van der Waals surface area contributed by atoms with Gasteiger partial charge in [-0.1, -0.05) is 0 Å². The minimum absolute atomic E-state index is 0.0485. The Kier molecular flexibility index (Phi) is 4.76. The van der Waals surface area contributed by atoms with Gasteiger partial charge in [0.1, 0.15) is 30.8 Å². The lowest BCUT2D eigenvalue weighted by Gasteiger charge is -2.35. The molecule has 0 saturated carbocycles. The number of aromatic nitrogens is 7. The third kappa shape index (κ3) is 3.71. The molecule has 28 heavy (non-hydrogen) atoms. The molecule has 0 aliphatic carbocycles. The van der Waals surface area contributed by atoms with Crippen molar-refractivity contribution in [1.82, 2.24) is 39.4 Å². The molecular formula is C18H23N9O. The van der Waals surface area contributed by atoms with Gasteiger partial charge in [-0.2, -0.15) is 10.2 Å². The van der Waals surface area contributed by atoms with Gasteiger partial charge in [-0.05, 0) is 26.8 Å². The van der Waals surface area contributed by atoms with Crippen LogP contribution >= 0.6 is 0 Å². The maximum absolute atomic E-state index is 12.4. The molecule has 1 amide bonds. The summed E-state index contributed by atoms with van der Waals surface area (Å²) >= 11 is 0. The van der Waals surface area contributed by atoms with Crippen molar-refractivity contribution < 1.29 is 4.79 Å². The number of amides is 1. The Balaban J connectivity index is 1.46. The first-order valence-corrected chi connectivity index (χ1v) is 9.24. The lowest BCUT2D eigenvalue weighted by atomic mass is 10.3. The van der Waals surface area contributed by atoms with Gasteiger partial charge in [-0.25, -0.2) is 24.3 Å². The Labute approximate surface area is 162 Å². The van der Waals surface area contributed by atoms with Crippen molar-refractivity contribution in [2.45, 2.75) is 27.3 Å². The molecule has 1 aliphatic rings. The van der Waals surface area contributed by atoms with E-state index in [4.69, 9.17) is 0 Å². The lowest BCUT2D eigenvalue weighted by Crippen LogP contribution is -2.50. The number of nitrogens with zero attached hydrogens (tertiary/aromatic N) is 9. The van der Waals surface area contributed by atoms with Gasteiger partial charge in [0.25, 0.3) is 0 Å². The molecule has 146 valence electrons. The van der Waals surface area contributed by atoms with Crippen LogP contribution in [0.5, 0.6) is 0 Å². The largest absolute Gasteiger partial charge is 0.353 e. The van der Waals surface area contributed by atoms with Crippen LogP contribution in [0.15, 0.2) is 24.8 Å². The van der Waals surface area contributed by atoms with E-state index in [1.54, 1.807) is 11.0 Å². The molecule has 1 saturated heterocycles. The first-order chi connectivity index (χ1) is 13.5. The molecule has 4 rings (SSSR count). The van der Waals surface area contributed by atoms with Gasteiger partial charge in [0.15, 0.2) is 5.82 Å². The third-order valence-corrected chi connectivity index (χ3v) is 4.76. The van der Waals surface area contributed by atoms with Crippen molar-refractivity contribution in [3.63, 3.8) is 0 Å². The van der Waals surface area contributed by atoms with Crippen molar-refractivity contribution in [3.8, 4) is 5.82 Å². The molecular weight excluding hydrogens is 358 g/mol. The van der Waals surface area contributed by atoms with Crippen LogP contribution < -0.4 is 4.90 Å². The average Bonchev–Trinajstić information content (AvgIpc) is 3.30. The fourth-order valence-corrected chi connectivity index (χ4v) is 3.41. The van der Waals surface area contributed by atoms with Crippen molar-refractivity contribution in [1.29, 1.82) is 0 Å². The van der Waals surface area contributed by atoms with Crippen LogP contribution in [0.3, 0.4) is 0 Å². The quantitative estimate of drug-likeness (QED) is 0.650. The average molecular weight is 381 g/mol. The number of aryl methyl sites for hydroxylation is 3. The highest BCUT2D eigenvalue weighted by atomic mass is 16.2. The van der Waals surface area contributed by atoms with Gasteiger partial charge in [0.2, 0.25) is 5.91 Å². The number of anilines is 1. The summed E-state index contributed by atoms with van der Waals surface area (Å²) in [6, 6.07) is 3.98. The van der Waals surface area contributed by atoms with E-state index in [0.717, 1.165) is 36.1 Å². The number of carbonyl (C=O) groups excluding carboxylic acids is 1. The van der Waals surface area contributed by atoms with Crippen molar-refractivity contribution in [2.75, 3.05) is 31.1 Å². The standard InChI is InChI=1S/C18H23N9O/c1-13-8-14(2)27(23-13)17-9-16(21-15(3)22-17)24-4-6-25(7-5-24)18(28)10-26-12-19-11-20-26/h8-9,11-12H,4-7,10H2,1-3H3. The summed E-state index contributed by atoms with van der Waals surface area (Å²) < 4.78 is 3.38.